The van der Waals surface area contributed by atoms with E-state index in [-0.39, 0.29) is 36.3 Å². The van der Waals surface area contributed by atoms with Crippen molar-refractivity contribution in [3.8, 4) is 0 Å². The second kappa shape index (κ2) is 10.7. The lowest BCUT2D eigenvalue weighted by molar-refractivity contribution is -0.131. The van der Waals surface area contributed by atoms with Crippen LogP contribution < -0.4 is 16.8 Å². The molecule has 0 heterocycles. The van der Waals surface area contributed by atoms with Crippen molar-refractivity contribution in [1.29, 1.82) is 0 Å². The van der Waals surface area contributed by atoms with Crippen molar-refractivity contribution in [1.82, 2.24) is 5.32 Å². The lowest BCUT2D eigenvalue weighted by atomic mass is 9.81. The summed E-state index contributed by atoms with van der Waals surface area (Å²) in [6.45, 7) is 5.05. The lowest BCUT2D eigenvalue weighted by Gasteiger charge is -2.33. The van der Waals surface area contributed by atoms with Gasteiger partial charge < -0.3 is 16.8 Å². The second-order valence-electron chi connectivity index (χ2n) is 6.15. The number of carbonyl (C=O) groups is 1. The van der Waals surface area contributed by atoms with Crippen LogP contribution in [0.5, 0.6) is 0 Å². The number of hydrogen-bond acceptors (Lipinski definition) is 3. The van der Waals surface area contributed by atoms with Gasteiger partial charge >= 0.3 is 0 Å². The number of carbonyl (C=O) groups excluding carboxylic acids is 1. The molecule has 0 unspecified atom stereocenters. The highest BCUT2D eigenvalue weighted by molar-refractivity contribution is 5.85. The third-order valence-corrected chi connectivity index (χ3v) is 4.93. The summed E-state index contributed by atoms with van der Waals surface area (Å²) in [6.07, 6.45) is 8.48. The minimum absolute atomic E-state index is 0. The molecule has 0 aromatic rings. The Morgan fingerprint density at radius 2 is 1.57 bits per heavy atom. The Kier molecular flexibility index (Phi) is 11.8. The fourth-order valence-corrected chi connectivity index (χ4v) is 3.01. The van der Waals surface area contributed by atoms with Gasteiger partial charge in [-0.1, -0.05) is 39.5 Å². The number of halogens is 2. The molecule has 0 aliphatic heterocycles. The van der Waals surface area contributed by atoms with Gasteiger partial charge in [0.25, 0.3) is 0 Å². The first-order valence-corrected chi connectivity index (χ1v) is 7.79. The lowest BCUT2D eigenvalue weighted by Crippen LogP contribution is -2.54. The molecule has 1 saturated carbocycles. The molecule has 0 saturated heterocycles. The molecule has 0 aromatic heterocycles. The highest BCUT2D eigenvalue weighted by Gasteiger charge is 2.35. The zero-order chi connectivity index (χ0) is 14.4. The highest BCUT2D eigenvalue weighted by atomic mass is 35.5. The van der Waals surface area contributed by atoms with Crippen LogP contribution in [0.2, 0.25) is 0 Å². The van der Waals surface area contributed by atoms with Crippen molar-refractivity contribution in [2.75, 3.05) is 13.1 Å². The van der Waals surface area contributed by atoms with Gasteiger partial charge in [-0.15, -0.1) is 24.8 Å². The van der Waals surface area contributed by atoms with E-state index in [1.807, 2.05) is 13.8 Å². The molecule has 6 heteroatoms. The zero-order valence-corrected chi connectivity index (χ0v) is 15.1. The summed E-state index contributed by atoms with van der Waals surface area (Å²) in [5, 5.41) is 3.07. The van der Waals surface area contributed by atoms with Gasteiger partial charge in [0, 0.05) is 18.6 Å². The van der Waals surface area contributed by atoms with E-state index in [4.69, 9.17) is 11.5 Å². The maximum absolute atomic E-state index is 12.4. The molecule has 0 aromatic carbocycles. The molecule has 1 rings (SSSR count). The first-order chi connectivity index (χ1) is 9.02. The number of nitrogens with two attached hydrogens (primary N) is 2. The molecule has 0 atom stereocenters. The van der Waals surface area contributed by atoms with Crippen LogP contribution in [-0.4, -0.2) is 24.5 Å². The van der Waals surface area contributed by atoms with Crippen LogP contribution in [0.1, 0.15) is 65.2 Å². The average molecular weight is 342 g/mol. The van der Waals surface area contributed by atoms with E-state index in [1.165, 1.54) is 25.7 Å². The predicted octanol–water partition coefficient (Wildman–Crippen LogP) is 2.76. The molecule has 21 heavy (non-hydrogen) atoms. The molecule has 128 valence electrons. The summed E-state index contributed by atoms with van der Waals surface area (Å²) >= 11 is 0. The van der Waals surface area contributed by atoms with Crippen LogP contribution in [0, 0.1) is 5.41 Å². The fourth-order valence-electron chi connectivity index (χ4n) is 3.01. The van der Waals surface area contributed by atoms with E-state index >= 15 is 0 Å². The van der Waals surface area contributed by atoms with E-state index in [1.54, 1.807) is 0 Å². The first-order valence-electron chi connectivity index (χ1n) is 7.79. The normalized spacial score (nSPS) is 17.9. The molecule has 4 nitrogen and oxygen atoms in total. The molecule has 1 amide bonds. The summed E-state index contributed by atoms with van der Waals surface area (Å²) in [4.78, 5) is 12.4. The first kappa shape index (κ1) is 23.2. The Morgan fingerprint density at radius 1 is 1.10 bits per heavy atom. The molecular weight excluding hydrogens is 309 g/mol. The van der Waals surface area contributed by atoms with E-state index in [9.17, 15) is 4.79 Å². The smallest absolute Gasteiger partial charge is 0.227 e. The molecule has 0 bridgehead atoms. The molecule has 1 aliphatic carbocycles. The van der Waals surface area contributed by atoms with Crippen LogP contribution in [0.4, 0.5) is 0 Å². The highest BCUT2D eigenvalue weighted by Crippen LogP contribution is 2.27. The average Bonchev–Trinajstić information content (AvgIpc) is 2.64. The SMILES string of the molecule is CCC(CC)(CN)C(=O)NCC1(N)CCCCCC1.Cl.Cl. The molecule has 0 radical (unpaired) electrons. The van der Waals surface area contributed by atoms with Crippen LogP contribution in [0.25, 0.3) is 0 Å². The summed E-state index contributed by atoms with van der Waals surface area (Å²) in [7, 11) is 0. The van der Waals surface area contributed by atoms with E-state index < -0.39 is 5.41 Å². The second-order valence-corrected chi connectivity index (χ2v) is 6.15. The Morgan fingerprint density at radius 3 is 1.95 bits per heavy atom. The van der Waals surface area contributed by atoms with Gasteiger partial charge in [-0.2, -0.15) is 0 Å². The van der Waals surface area contributed by atoms with Gasteiger partial charge in [0.2, 0.25) is 5.91 Å². The van der Waals surface area contributed by atoms with E-state index in [0.29, 0.717) is 13.1 Å². The topological polar surface area (TPSA) is 81.1 Å². The van der Waals surface area contributed by atoms with E-state index in [2.05, 4.69) is 5.32 Å². The molecule has 5 N–H and O–H groups in total. The zero-order valence-electron chi connectivity index (χ0n) is 13.5. The van der Waals surface area contributed by atoms with Gasteiger partial charge in [-0.25, -0.2) is 0 Å². The van der Waals surface area contributed by atoms with Crippen molar-refractivity contribution in [2.24, 2.45) is 16.9 Å². The molecule has 1 fully saturated rings. The summed E-state index contributed by atoms with van der Waals surface area (Å²) in [5.74, 6) is 0.0778. The van der Waals surface area contributed by atoms with Gasteiger partial charge in [0.15, 0.2) is 0 Å². The number of nitrogens with one attached hydrogen (secondary N) is 1. The van der Waals surface area contributed by atoms with Crippen molar-refractivity contribution in [3.63, 3.8) is 0 Å². The minimum Gasteiger partial charge on any atom is -0.354 e. The van der Waals surface area contributed by atoms with Gasteiger partial charge in [0.05, 0.1) is 5.41 Å². The van der Waals surface area contributed by atoms with E-state index in [0.717, 1.165) is 25.7 Å². The summed E-state index contributed by atoms with van der Waals surface area (Å²) in [5.41, 5.74) is 11.6. The van der Waals surface area contributed by atoms with Gasteiger partial charge in [-0.3, -0.25) is 4.79 Å². The standard InChI is InChI=1S/C15H31N3O.2ClH/c1-3-14(4-2,11-16)13(19)18-12-15(17)9-7-5-6-8-10-15;;/h3-12,16-17H2,1-2H3,(H,18,19);2*1H. The number of rotatable bonds is 6. The maximum Gasteiger partial charge on any atom is 0.227 e. The molecule has 1 aliphatic rings. The number of amides is 1. The Labute approximate surface area is 142 Å². The number of hydrogen-bond donors (Lipinski definition) is 3. The summed E-state index contributed by atoms with van der Waals surface area (Å²) < 4.78 is 0. The van der Waals surface area contributed by atoms with Crippen molar-refractivity contribution < 1.29 is 4.79 Å². The quantitative estimate of drug-likeness (QED) is 0.649. The van der Waals surface area contributed by atoms with Crippen molar-refractivity contribution >= 4 is 30.7 Å². The molecule has 0 spiro atoms. The Bertz CT molecular complexity index is 280. The van der Waals surface area contributed by atoms with Crippen LogP contribution in [0.3, 0.4) is 0 Å². The Balaban J connectivity index is 0. The minimum atomic E-state index is -0.416. The third-order valence-electron chi connectivity index (χ3n) is 4.93. The maximum atomic E-state index is 12.4. The van der Waals surface area contributed by atoms with Crippen molar-refractivity contribution in [3.05, 3.63) is 0 Å². The Hall–Kier alpha value is -0.0300. The van der Waals surface area contributed by atoms with Crippen LogP contribution in [-0.2, 0) is 4.79 Å². The van der Waals surface area contributed by atoms with Crippen LogP contribution >= 0.6 is 24.8 Å². The summed E-state index contributed by atoms with van der Waals surface area (Å²) in [6, 6.07) is 0. The van der Waals surface area contributed by atoms with Crippen LogP contribution in [0.15, 0.2) is 0 Å². The van der Waals surface area contributed by atoms with Crippen molar-refractivity contribution in [2.45, 2.75) is 70.8 Å². The largest absolute Gasteiger partial charge is 0.354 e. The monoisotopic (exact) mass is 341 g/mol. The van der Waals surface area contributed by atoms with Gasteiger partial charge in [-0.05, 0) is 25.7 Å². The molecular formula is C15H33Cl2N3O. The third kappa shape index (κ3) is 6.31. The van der Waals surface area contributed by atoms with Gasteiger partial charge in [0.1, 0.15) is 0 Å². The fraction of sp³-hybridized carbons (Fsp3) is 0.933. The predicted molar refractivity (Wildman–Crippen MR) is 94.2 cm³/mol.